The van der Waals surface area contributed by atoms with Crippen molar-refractivity contribution < 1.29 is 4.79 Å². The summed E-state index contributed by atoms with van der Waals surface area (Å²) < 4.78 is 0. The quantitative estimate of drug-likeness (QED) is 0.541. The molecule has 4 rings (SSSR count). The number of pyridine rings is 1. The Labute approximate surface area is 155 Å². The van der Waals surface area contributed by atoms with Crippen LogP contribution in [0.4, 0.5) is 0 Å². The highest BCUT2D eigenvalue weighted by atomic mass is 35.5. The molecule has 0 unspecified atom stereocenters. The van der Waals surface area contributed by atoms with Crippen molar-refractivity contribution in [2.24, 2.45) is 0 Å². The number of carbonyl (C=O) groups excluding carboxylic acids is 1. The second-order valence-electron chi connectivity index (χ2n) is 6.02. The predicted octanol–water partition coefficient (Wildman–Crippen LogP) is 5.73. The van der Waals surface area contributed by atoms with E-state index in [9.17, 15) is 4.79 Å². The van der Waals surface area contributed by atoms with Crippen LogP contribution in [0.2, 0.25) is 10.2 Å². The largest absolute Gasteiger partial charge is 0.301 e. The van der Waals surface area contributed by atoms with E-state index in [0.717, 1.165) is 16.5 Å². The minimum Gasteiger partial charge on any atom is -0.301 e. The Hall–Kier alpha value is -2.36. The van der Waals surface area contributed by atoms with Crippen LogP contribution in [0.15, 0.2) is 55.1 Å². The third-order valence-electron chi connectivity index (χ3n) is 4.59. The van der Waals surface area contributed by atoms with Crippen molar-refractivity contribution in [3.63, 3.8) is 0 Å². The lowest BCUT2D eigenvalue weighted by molar-refractivity contribution is 0.0812. The van der Waals surface area contributed by atoms with E-state index in [-0.39, 0.29) is 11.9 Å². The van der Waals surface area contributed by atoms with Crippen LogP contribution in [0.25, 0.3) is 16.6 Å². The smallest absolute Gasteiger partial charge is 0.259 e. The van der Waals surface area contributed by atoms with E-state index in [1.807, 2.05) is 49.4 Å². The van der Waals surface area contributed by atoms with Crippen LogP contribution >= 0.6 is 23.2 Å². The van der Waals surface area contributed by atoms with Crippen LogP contribution < -0.4 is 0 Å². The molecular weight excluding hydrogens is 355 g/mol. The summed E-state index contributed by atoms with van der Waals surface area (Å²) in [5.74, 6) is -0.0737. The van der Waals surface area contributed by atoms with Gasteiger partial charge >= 0.3 is 0 Å². The number of amides is 1. The predicted molar refractivity (Wildman–Crippen MR) is 102 cm³/mol. The number of carbonyl (C=O) groups is 1. The van der Waals surface area contributed by atoms with Crippen LogP contribution in [0.5, 0.6) is 0 Å². The normalized spacial score (nSPS) is 14.9. The molecule has 1 aliphatic heterocycles. The molecule has 124 valence electrons. The molecule has 3 nitrogen and oxygen atoms in total. The topological polar surface area (TPSA) is 33.2 Å². The van der Waals surface area contributed by atoms with Crippen LogP contribution in [0.3, 0.4) is 0 Å². The zero-order valence-corrected chi connectivity index (χ0v) is 15.0. The molecule has 2 heterocycles. The van der Waals surface area contributed by atoms with E-state index in [1.54, 1.807) is 11.0 Å². The Morgan fingerprint density at radius 1 is 1.08 bits per heavy atom. The Balaban J connectivity index is 1.81. The fourth-order valence-electron chi connectivity index (χ4n) is 3.30. The van der Waals surface area contributed by atoms with Gasteiger partial charge in [0.15, 0.2) is 0 Å². The van der Waals surface area contributed by atoms with Gasteiger partial charge in [0.05, 0.1) is 16.6 Å². The SMILES string of the molecule is C=C1c2ccccc2C(=O)N1[C@@H](C)c1cc2cccc(Cl)c2nc1Cl. The number of rotatable bonds is 2. The highest BCUT2D eigenvalue weighted by molar-refractivity contribution is 6.36. The summed E-state index contributed by atoms with van der Waals surface area (Å²) in [5, 5.41) is 1.77. The van der Waals surface area contributed by atoms with Crippen LogP contribution in [0.1, 0.15) is 34.5 Å². The molecule has 2 aromatic carbocycles. The van der Waals surface area contributed by atoms with Crippen LogP contribution in [0, 0.1) is 0 Å². The van der Waals surface area contributed by atoms with Gasteiger partial charge in [0, 0.05) is 27.8 Å². The van der Waals surface area contributed by atoms with Gasteiger partial charge in [-0.1, -0.05) is 60.1 Å². The maximum absolute atomic E-state index is 12.8. The Morgan fingerprint density at radius 3 is 2.52 bits per heavy atom. The fraction of sp³-hybridized carbons (Fsp3) is 0.100. The van der Waals surface area contributed by atoms with Crippen molar-refractivity contribution in [2.75, 3.05) is 0 Å². The Morgan fingerprint density at radius 2 is 1.80 bits per heavy atom. The summed E-state index contributed by atoms with van der Waals surface area (Å²) in [7, 11) is 0. The molecule has 0 saturated carbocycles. The molecule has 0 saturated heterocycles. The minimum absolute atomic E-state index is 0.0737. The molecule has 1 amide bonds. The highest BCUT2D eigenvalue weighted by Gasteiger charge is 2.35. The van der Waals surface area contributed by atoms with Gasteiger partial charge in [-0.25, -0.2) is 4.98 Å². The van der Waals surface area contributed by atoms with Gasteiger partial charge in [-0.15, -0.1) is 0 Å². The first-order valence-electron chi connectivity index (χ1n) is 7.85. The maximum atomic E-state index is 12.8. The lowest BCUT2D eigenvalue weighted by atomic mass is 10.1. The average molecular weight is 369 g/mol. The lowest BCUT2D eigenvalue weighted by Gasteiger charge is -2.26. The maximum Gasteiger partial charge on any atom is 0.259 e. The zero-order valence-electron chi connectivity index (χ0n) is 13.5. The van der Waals surface area contributed by atoms with Crippen molar-refractivity contribution in [3.8, 4) is 0 Å². The highest BCUT2D eigenvalue weighted by Crippen LogP contribution is 2.40. The van der Waals surface area contributed by atoms with E-state index >= 15 is 0 Å². The molecule has 0 aliphatic carbocycles. The number of para-hydroxylation sites is 1. The van der Waals surface area contributed by atoms with Gasteiger partial charge in [-0.05, 0) is 25.1 Å². The van der Waals surface area contributed by atoms with Gasteiger partial charge < -0.3 is 4.90 Å². The second-order valence-corrected chi connectivity index (χ2v) is 6.79. The summed E-state index contributed by atoms with van der Waals surface area (Å²) in [6.07, 6.45) is 0. The van der Waals surface area contributed by atoms with Crippen molar-refractivity contribution in [2.45, 2.75) is 13.0 Å². The van der Waals surface area contributed by atoms with E-state index in [4.69, 9.17) is 23.2 Å². The first-order chi connectivity index (χ1) is 12.0. The molecule has 0 bridgehead atoms. The van der Waals surface area contributed by atoms with Crippen LogP contribution in [-0.4, -0.2) is 15.8 Å². The third-order valence-corrected chi connectivity index (χ3v) is 5.20. The number of benzene rings is 2. The number of hydrogen-bond donors (Lipinski definition) is 0. The van der Waals surface area contributed by atoms with E-state index in [2.05, 4.69) is 11.6 Å². The molecule has 3 aromatic rings. The third kappa shape index (κ3) is 2.43. The first-order valence-corrected chi connectivity index (χ1v) is 8.61. The molecule has 1 aromatic heterocycles. The number of aromatic nitrogens is 1. The fourth-order valence-corrected chi connectivity index (χ4v) is 3.82. The van der Waals surface area contributed by atoms with Gasteiger partial charge in [0.1, 0.15) is 5.15 Å². The molecular formula is C20H14Cl2N2O. The van der Waals surface area contributed by atoms with Crippen molar-refractivity contribution in [3.05, 3.63) is 82.0 Å². The zero-order chi connectivity index (χ0) is 17.7. The summed E-state index contributed by atoms with van der Waals surface area (Å²) >= 11 is 12.6. The van der Waals surface area contributed by atoms with E-state index in [1.165, 1.54) is 0 Å². The van der Waals surface area contributed by atoms with Gasteiger partial charge in [-0.3, -0.25) is 4.79 Å². The molecule has 0 N–H and O–H groups in total. The summed E-state index contributed by atoms with van der Waals surface area (Å²) in [6.45, 7) is 6.03. The summed E-state index contributed by atoms with van der Waals surface area (Å²) in [4.78, 5) is 18.9. The Bertz CT molecular complexity index is 1010. The van der Waals surface area contributed by atoms with Crippen molar-refractivity contribution in [1.82, 2.24) is 9.88 Å². The van der Waals surface area contributed by atoms with Gasteiger partial charge in [-0.2, -0.15) is 0 Å². The summed E-state index contributed by atoms with van der Waals surface area (Å²) in [6, 6.07) is 14.7. The lowest BCUT2D eigenvalue weighted by Crippen LogP contribution is -2.26. The van der Waals surface area contributed by atoms with Gasteiger partial charge in [0.25, 0.3) is 5.91 Å². The monoisotopic (exact) mass is 368 g/mol. The average Bonchev–Trinajstić information content (AvgIpc) is 2.86. The minimum atomic E-state index is -0.296. The number of hydrogen-bond acceptors (Lipinski definition) is 2. The molecule has 0 fully saturated rings. The molecule has 0 radical (unpaired) electrons. The molecule has 1 aliphatic rings. The standard InChI is InChI=1S/C20H14Cl2N2O/c1-11-14-7-3-4-8-15(14)20(25)24(11)12(2)16-10-13-6-5-9-17(21)18(13)23-19(16)22/h3-10,12H,1H2,2H3/t12-/m0/s1. The first kappa shape index (κ1) is 16.1. The number of halogens is 2. The molecule has 25 heavy (non-hydrogen) atoms. The molecule has 0 spiro atoms. The van der Waals surface area contributed by atoms with E-state index in [0.29, 0.717) is 27.0 Å². The van der Waals surface area contributed by atoms with Crippen molar-refractivity contribution in [1.29, 1.82) is 0 Å². The van der Waals surface area contributed by atoms with Gasteiger partial charge in [0.2, 0.25) is 0 Å². The van der Waals surface area contributed by atoms with Crippen LogP contribution in [-0.2, 0) is 0 Å². The molecule has 5 heteroatoms. The number of nitrogens with zero attached hydrogens (tertiary/aromatic N) is 2. The molecule has 1 atom stereocenters. The Kier molecular flexibility index (Phi) is 3.78. The summed E-state index contributed by atoms with van der Waals surface area (Å²) in [5.41, 5.74) is 3.61. The van der Waals surface area contributed by atoms with E-state index < -0.39 is 0 Å². The van der Waals surface area contributed by atoms with Crippen molar-refractivity contribution >= 4 is 45.7 Å². The second kappa shape index (κ2) is 5.87. The number of fused-ring (bicyclic) bond motifs is 2.